The number of carbonyl (C=O) groups is 2. The van der Waals surface area contributed by atoms with Gasteiger partial charge in [-0.2, -0.15) is 0 Å². The molecular formula is C19H25NO4. The minimum absolute atomic E-state index is 0.0559. The number of methoxy groups -OCH3 is 1. The third kappa shape index (κ3) is 2.99. The molecular weight excluding hydrogens is 306 g/mol. The lowest BCUT2D eigenvalue weighted by atomic mass is 9.87. The molecule has 0 saturated heterocycles. The van der Waals surface area contributed by atoms with E-state index in [4.69, 9.17) is 4.74 Å². The Labute approximate surface area is 142 Å². The molecule has 2 aliphatic carbocycles. The van der Waals surface area contributed by atoms with Crippen LogP contribution in [-0.2, 0) is 14.3 Å². The van der Waals surface area contributed by atoms with E-state index in [9.17, 15) is 14.7 Å². The fourth-order valence-electron chi connectivity index (χ4n) is 4.17. The summed E-state index contributed by atoms with van der Waals surface area (Å²) in [4.78, 5) is 26.3. The molecule has 1 unspecified atom stereocenters. The number of nitrogens with zero attached hydrogens (tertiary/aromatic N) is 1. The minimum atomic E-state index is -0.871. The Balaban J connectivity index is 1.93. The first-order valence-electron chi connectivity index (χ1n) is 8.73. The molecule has 0 aromatic heterocycles. The summed E-state index contributed by atoms with van der Waals surface area (Å²) in [6.07, 6.45) is 9.80. The highest BCUT2D eigenvalue weighted by atomic mass is 16.5. The average Bonchev–Trinajstić information content (AvgIpc) is 2.86. The molecule has 1 aliphatic heterocycles. The lowest BCUT2D eigenvalue weighted by Gasteiger charge is -2.33. The summed E-state index contributed by atoms with van der Waals surface area (Å²) >= 11 is 0. The molecule has 5 nitrogen and oxygen atoms in total. The van der Waals surface area contributed by atoms with Crippen molar-refractivity contribution in [2.45, 2.75) is 57.9 Å². The van der Waals surface area contributed by atoms with Gasteiger partial charge in [-0.15, -0.1) is 0 Å². The molecule has 1 atom stereocenters. The van der Waals surface area contributed by atoms with Gasteiger partial charge in [0, 0.05) is 11.6 Å². The predicted molar refractivity (Wildman–Crippen MR) is 90.0 cm³/mol. The van der Waals surface area contributed by atoms with Crippen LogP contribution >= 0.6 is 0 Å². The highest BCUT2D eigenvalue weighted by Gasteiger charge is 2.41. The van der Waals surface area contributed by atoms with Crippen molar-refractivity contribution < 1.29 is 19.4 Å². The number of rotatable bonds is 4. The summed E-state index contributed by atoms with van der Waals surface area (Å²) in [5.41, 5.74) is 2.49. The number of amides is 1. The summed E-state index contributed by atoms with van der Waals surface area (Å²) in [6.45, 7) is 1.88. The van der Waals surface area contributed by atoms with Gasteiger partial charge in [0.05, 0.1) is 19.6 Å². The molecule has 1 N–H and O–H groups in total. The lowest BCUT2D eigenvalue weighted by molar-refractivity contribution is -0.137. The smallest absolute Gasteiger partial charge is 0.307 e. The van der Waals surface area contributed by atoms with Crippen molar-refractivity contribution >= 4 is 11.9 Å². The van der Waals surface area contributed by atoms with Crippen LogP contribution in [0.2, 0.25) is 0 Å². The van der Waals surface area contributed by atoms with E-state index in [1.165, 1.54) is 6.42 Å². The highest BCUT2D eigenvalue weighted by molar-refractivity contribution is 5.84. The average molecular weight is 331 g/mol. The number of ether oxygens (including phenoxy) is 1. The van der Waals surface area contributed by atoms with Gasteiger partial charge in [-0.05, 0) is 49.5 Å². The summed E-state index contributed by atoms with van der Waals surface area (Å²) in [7, 11) is 1.61. The molecule has 3 aliphatic rings. The Morgan fingerprint density at radius 2 is 2.00 bits per heavy atom. The first kappa shape index (κ1) is 16.8. The van der Waals surface area contributed by atoms with Crippen molar-refractivity contribution in [1.29, 1.82) is 0 Å². The van der Waals surface area contributed by atoms with Crippen molar-refractivity contribution in [2.24, 2.45) is 5.92 Å². The Morgan fingerprint density at radius 1 is 1.29 bits per heavy atom. The monoisotopic (exact) mass is 331 g/mol. The maximum absolute atomic E-state index is 13.1. The molecule has 1 saturated carbocycles. The first-order valence-corrected chi connectivity index (χ1v) is 8.73. The normalized spacial score (nSPS) is 24.4. The number of allylic oxidation sites excluding steroid dienone is 2. The van der Waals surface area contributed by atoms with Gasteiger partial charge in [0.1, 0.15) is 5.76 Å². The van der Waals surface area contributed by atoms with E-state index >= 15 is 0 Å². The molecule has 0 bridgehead atoms. The van der Waals surface area contributed by atoms with Crippen LogP contribution in [0.5, 0.6) is 0 Å². The number of carboxylic acid groups (broad SMARTS) is 1. The molecule has 3 rings (SSSR count). The standard InChI is InChI=1S/C19H25NO4/c1-12-15(11-18(21)22)16-10-14(24-2)8-9-17(16)20(12)19(23)13-6-4-3-5-7-13/h8,10,13,17H,3-7,9,11H2,1-2H3,(H,21,22). The molecule has 1 fully saturated rings. The van der Waals surface area contributed by atoms with Gasteiger partial charge in [0.2, 0.25) is 5.91 Å². The second kappa shape index (κ2) is 6.83. The van der Waals surface area contributed by atoms with Crippen LogP contribution in [0, 0.1) is 5.92 Å². The van der Waals surface area contributed by atoms with Crippen molar-refractivity contribution in [3.63, 3.8) is 0 Å². The van der Waals surface area contributed by atoms with Gasteiger partial charge < -0.3 is 14.7 Å². The first-order chi connectivity index (χ1) is 11.5. The second-order valence-electron chi connectivity index (χ2n) is 6.84. The lowest BCUT2D eigenvalue weighted by Crippen LogP contribution is -2.40. The number of hydrogen-bond acceptors (Lipinski definition) is 3. The van der Waals surface area contributed by atoms with Crippen LogP contribution in [0.25, 0.3) is 0 Å². The number of carbonyl (C=O) groups excluding carboxylic acids is 1. The van der Waals surface area contributed by atoms with Crippen molar-refractivity contribution in [3.05, 3.63) is 34.8 Å². The Hall–Kier alpha value is -2.04. The molecule has 0 radical (unpaired) electrons. The van der Waals surface area contributed by atoms with Crippen LogP contribution in [-0.4, -0.2) is 35.0 Å². The molecule has 1 amide bonds. The van der Waals surface area contributed by atoms with E-state index < -0.39 is 5.97 Å². The van der Waals surface area contributed by atoms with Crippen LogP contribution in [0.4, 0.5) is 0 Å². The van der Waals surface area contributed by atoms with E-state index in [-0.39, 0.29) is 24.3 Å². The topological polar surface area (TPSA) is 66.8 Å². The number of hydrogen-bond donors (Lipinski definition) is 1. The van der Waals surface area contributed by atoms with E-state index in [1.54, 1.807) is 7.11 Å². The second-order valence-corrected chi connectivity index (χ2v) is 6.84. The van der Waals surface area contributed by atoms with E-state index in [0.717, 1.165) is 48.3 Å². The van der Waals surface area contributed by atoms with Gasteiger partial charge >= 0.3 is 5.97 Å². The summed E-state index contributed by atoms with van der Waals surface area (Å²) in [6, 6.07) is -0.0762. The van der Waals surface area contributed by atoms with E-state index in [2.05, 4.69) is 0 Å². The molecule has 24 heavy (non-hydrogen) atoms. The van der Waals surface area contributed by atoms with Gasteiger partial charge in [0.15, 0.2) is 0 Å². The molecule has 0 aromatic rings. The van der Waals surface area contributed by atoms with Gasteiger partial charge in [-0.3, -0.25) is 9.59 Å². The molecule has 130 valence electrons. The third-order valence-corrected chi connectivity index (χ3v) is 5.41. The Kier molecular flexibility index (Phi) is 4.78. The van der Waals surface area contributed by atoms with Crippen molar-refractivity contribution in [3.8, 4) is 0 Å². The molecule has 0 spiro atoms. The minimum Gasteiger partial charge on any atom is -0.497 e. The quantitative estimate of drug-likeness (QED) is 0.857. The van der Waals surface area contributed by atoms with Crippen LogP contribution in [0.15, 0.2) is 34.8 Å². The third-order valence-electron chi connectivity index (χ3n) is 5.41. The van der Waals surface area contributed by atoms with Crippen LogP contribution in [0.1, 0.15) is 51.9 Å². The zero-order valence-electron chi connectivity index (χ0n) is 14.4. The van der Waals surface area contributed by atoms with Gasteiger partial charge in [0.25, 0.3) is 0 Å². The SMILES string of the molecule is COC1=CCC2C(=C1)C(CC(=O)O)=C(C)N2C(=O)C1CCCCC1. The summed E-state index contributed by atoms with van der Waals surface area (Å²) in [5, 5.41) is 9.27. The Bertz CT molecular complexity index is 638. The van der Waals surface area contributed by atoms with Crippen LogP contribution < -0.4 is 0 Å². The zero-order chi connectivity index (χ0) is 17.3. The molecule has 5 heteroatoms. The van der Waals surface area contributed by atoms with Crippen LogP contribution in [0.3, 0.4) is 0 Å². The molecule has 1 heterocycles. The van der Waals surface area contributed by atoms with Crippen molar-refractivity contribution in [2.75, 3.05) is 7.11 Å². The van der Waals surface area contributed by atoms with E-state index in [1.807, 2.05) is 24.0 Å². The fourth-order valence-corrected chi connectivity index (χ4v) is 4.17. The van der Waals surface area contributed by atoms with Gasteiger partial charge in [-0.25, -0.2) is 0 Å². The largest absolute Gasteiger partial charge is 0.497 e. The number of fused-ring (bicyclic) bond motifs is 1. The maximum Gasteiger partial charge on any atom is 0.307 e. The van der Waals surface area contributed by atoms with Crippen molar-refractivity contribution in [1.82, 2.24) is 4.90 Å². The number of carboxylic acids is 1. The zero-order valence-corrected chi connectivity index (χ0v) is 14.4. The highest BCUT2D eigenvalue weighted by Crippen LogP contribution is 2.42. The number of aliphatic carboxylic acids is 1. The van der Waals surface area contributed by atoms with E-state index in [0.29, 0.717) is 6.42 Å². The Morgan fingerprint density at radius 3 is 2.62 bits per heavy atom. The molecule has 0 aromatic carbocycles. The summed E-state index contributed by atoms with van der Waals surface area (Å²) < 4.78 is 5.31. The summed E-state index contributed by atoms with van der Waals surface area (Å²) in [5.74, 6) is 0.109. The predicted octanol–water partition coefficient (Wildman–Crippen LogP) is 3.39. The van der Waals surface area contributed by atoms with Gasteiger partial charge in [-0.1, -0.05) is 19.3 Å². The fraction of sp³-hybridized carbons (Fsp3) is 0.579. The maximum atomic E-state index is 13.1.